The van der Waals surface area contributed by atoms with Crippen LogP contribution in [-0.2, 0) is 22.9 Å². The molecule has 0 saturated heterocycles. The monoisotopic (exact) mass is 588 g/mol. The lowest BCUT2D eigenvalue weighted by molar-refractivity contribution is 0.306. The van der Waals surface area contributed by atoms with Crippen molar-refractivity contribution in [2.45, 2.75) is 13.1 Å². The van der Waals surface area contributed by atoms with Crippen molar-refractivity contribution in [2.24, 2.45) is 0 Å². The fourth-order valence-electron chi connectivity index (χ4n) is 3.55. The number of fused-ring (bicyclic) bond motifs is 1. The number of halogens is 2. The lowest BCUT2D eigenvalue weighted by Gasteiger charge is -2.12. The van der Waals surface area contributed by atoms with Gasteiger partial charge in [-0.1, -0.05) is 23.7 Å². The summed E-state index contributed by atoms with van der Waals surface area (Å²) in [5.41, 5.74) is 1.36. The minimum Gasteiger partial charge on any atom is -0.487 e. The molecule has 0 radical (unpaired) electrons. The molecule has 2 heterocycles. The van der Waals surface area contributed by atoms with E-state index in [1.807, 2.05) is 0 Å². The number of hydrogen-bond donors (Lipinski definition) is 2. The van der Waals surface area contributed by atoms with Gasteiger partial charge >= 0.3 is 0 Å². The fourth-order valence-corrected chi connectivity index (χ4v) is 4.12. The first-order valence-corrected chi connectivity index (χ1v) is 14.1. The number of furan rings is 1. The Morgan fingerprint density at radius 2 is 2.02 bits per heavy atom. The zero-order chi connectivity index (χ0) is 35.2. The van der Waals surface area contributed by atoms with Gasteiger partial charge < -0.3 is 19.8 Å². The van der Waals surface area contributed by atoms with Gasteiger partial charge in [0.1, 0.15) is 51.7 Å². The highest BCUT2D eigenvalue weighted by molar-refractivity contribution is 7.90. The van der Waals surface area contributed by atoms with Crippen LogP contribution in [0.2, 0.25) is 5.02 Å². The lowest BCUT2D eigenvalue weighted by atomic mass is 10.1. The first-order valence-electron chi connectivity index (χ1n) is 15.6. The van der Waals surface area contributed by atoms with Crippen LogP contribution in [0.4, 0.5) is 15.9 Å². The van der Waals surface area contributed by atoms with Gasteiger partial charge in [-0.15, -0.1) is 0 Å². The van der Waals surface area contributed by atoms with Gasteiger partial charge in [-0.05, 0) is 66.2 Å². The minimum absolute atomic E-state index is 0.132. The van der Waals surface area contributed by atoms with E-state index in [9.17, 15) is 12.8 Å². The molecule has 0 aliphatic carbocycles. The highest BCUT2D eigenvalue weighted by atomic mass is 35.5. The number of benzene rings is 3. The third-order valence-electron chi connectivity index (χ3n) is 5.35. The summed E-state index contributed by atoms with van der Waals surface area (Å²) in [6.45, 7) is -5.55. The van der Waals surface area contributed by atoms with Crippen molar-refractivity contribution >= 4 is 43.8 Å². The Bertz CT molecular complexity index is 2120. The van der Waals surface area contributed by atoms with Gasteiger partial charge in [-0.2, -0.15) is 0 Å². The predicted molar refractivity (Wildman–Crippen MR) is 154 cm³/mol. The molecule has 0 spiro atoms. The molecule has 0 amide bonds. The van der Waals surface area contributed by atoms with Crippen molar-refractivity contribution in [1.29, 1.82) is 0 Å². The van der Waals surface area contributed by atoms with Crippen molar-refractivity contribution in [3.63, 3.8) is 0 Å². The van der Waals surface area contributed by atoms with Crippen molar-refractivity contribution in [3.8, 4) is 17.1 Å². The van der Waals surface area contributed by atoms with E-state index in [1.54, 1.807) is 24.3 Å². The van der Waals surface area contributed by atoms with Crippen LogP contribution in [0.1, 0.15) is 22.3 Å². The van der Waals surface area contributed by atoms with Gasteiger partial charge in [0, 0.05) is 32.1 Å². The Balaban J connectivity index is 1.36. The molecule has 0 bridgehead atoms. The molecule has 5 rings (SSSR count). The maximum Gasteiger partial charge on any atom is 0.148 e. The number of hydrogen-bond acceptors (Lipinski definition) is 8. The number of nitrogens with zero attached hydrogens (tertiary/aromatic N) is 2. The molecule has 0 aliphatic rings. The highest BCUT2D eigenvalue weighted by Gasteiger charge is 2.11. The number of aromatic nitrogens is 2. The summed E-state index contributed by atoms with van der Waals surface area (Å²) >= 11 is 6.43. The van der Waals surface area contributed by atoms with Crippen LogP contribution in [0.15, 0.2) is 83.4 Å². The molecule has 2 aromatic heterocycles. The lowest BCUT2D eigenvalue weighted by Crippen LogP contribution is -2.21. The average molecular weight is 589 g/mol. The smallest absolute Gasteiger partial charge is 0.148 e. The van der Waals surface area contributed by atoms with Crippen LogP contribution in [0.5, 0.6) is 5.75 Å². The van der Waals surface area contributed by atoms with Gasteiger partial charge in [0.2, 0.25) is 0 Å². The van der Waals surface area contributed by atoms with Crippen LogP contribution in [-0.4, -0.2) is 36.9 Å². The standard InChI is InChI=1S/C29H26ClFN4O4S/c1-40(36,37)12-11-32-16-23-7-10-27(39-23)20-5-8-26-24(14-20)29(34-18-33-26)35-22-6-9-28(25(30)15-22)38-17-19-3-2-4-21(31)13-19/h2-10,13-15,18,32H,11-12,16-17H2,1H3,(H,33,34,35)/i2D,3D,4D,11D2,13D,16D2. The van der Waals surface area contributed by atoms with Crippen LogP contribution in [0, 0.1) is 5.82 Å². The van der Waals surface area contributed by atoms with Gasteiger partial charge in [0.15, 0.2) is 0 Å². The second-order valence-electron chi connectivity index (χ2n) is 8.47. The largest absolute Gasteiger partial charge is 0.487 e. The summed E-state index contributed by atoms with van der Waals surface area (Å²) in [7, 11) is -3.75. The van der Waals surface area contributed by atoms with Crippen LogP contribution in [0.3, 0.4) is 0 Å². The fraction of sp³-hybridized carbons (Fsp3) is 0.172. The molecule has 0 atom stereocenters. The zero-order valence-corrected chi connectivity index (χ0v) is 22.4. The molecule has 40 heavy (non-hydrogen) atoms. The van der Waals surface area contributed by atoms with Gasteiger partial charge in [0.05, 0.1) is 31.0 Å². The summed E-state index contributed by atoms with van der Waals surface area (Å²) in [6, 6.07) is 9.88. The summed E-state index contributed by atoms with van der Waals surface area (Å²) < 4.78 is 112. The predicted octanol–water partition coefficient (Wildman–Crippen LogP) is 6.14. The third kappa shape index (κ3) is 7.15. The Kier molecular flexibility index (Phi) is 5.76. The maximum atomic E-state index is 14.1. The van der Waals surface area contributed by atoms with E-state index in [0.29, 0.717) is 28.0 Å². The Morgan fingerprint density at radius 1 is 1.15 bits per heavy atom. The average Bonchev–Trinajstić information content (AvgIpc) is 3.50. The van der Waals surface area contributed by atoms with E-state index in [4.69, 9.17) is 31.7 Å². The molecule has 0 unspecified atom stereocenters. The number of ether oxygens (including phenoxy) is 1. The van der Waals surface area contributed by atoms with E-state index in [2.05, 4.69) is 20.6 Å². The molecule has 0 fully saturated rings. The first-order chi connectivity index (χ1) is 22.3. The molecule has 8 nitrogen and oxygen atoms in total. The van der Waals surface area contributed by atoms with Crippen molar-refractivity contribution in [2.75, 3.05) is 23.8 Å². The molecular weight excluding hydrogens is 555 g/mol. The van der Waals surface area contributed by atoms with Crippen LogP contribution >= 0.6 is 11.6 Å². The normalized spacial score (nSPS) is 15.2. The molecule has 0 saturated carbocycles. The minimum atomic E-state index is -3.75. The van der Waals surface area contributed by atoms with Crippen molar-refractivity contribution in [3.05, 3.63) is 101 Å². The van der Waals surface area contributed by atoms with Gasteiger partial charge in [-0.25, -0.2) is 22.8 Å². The van der Waals surface area contributed by atoms with E-state index in [0.717, 1.165) is 6.26 Å². The summed E-state index contributed by atoms with van der Waals surface area (Å²) in [6.07, 6.45) is 2.20. The summed E-state index contributed by atoms with van der Waals surface area (Å²) in [5.74, 6) is -1.66. The quantitative estimate of drug-likeness (QED) is 0.189. The summed E-state index contributed by atoms with van der Waals surface area (Å²) in [4.78, 5) is 8.60. The van der Waals surface area contributed by atoms with Crippen LogP contribution < -0.4 is 15.4 Å². The summed E-state index contributed by atoms with van der Waals surface area (Å²) in [5, 5.41) is 5.89. The topological polar surface area (TPSA) is 106 Å². The maximum absolute atomic E-state index is 14.1. The molecular formula is C29H26ClFN4O4S. The van der Waals surface area contributed by atoms with Crippen molar-refractivity contribution < 1.29 is 32.9 Å². The van der Waals surface area contributed by atoms with Crippen molar-refractivity contribution in [1.82, 2.24) is 15.3 Å². The van der Waals surface area contributed by atoms with E-state index < -0.39 is 65.2 Å². The first kappa shape index (κ1) is 19.1. The molecule has 5 aromatic rings. The number of rotatable bonds is 11. The molecule has 2 N–H and O–H groups in total. The number of anilines is 2. The van der Waals surface area contributed by atoms with Crippen LogP contribution in [0.25, 0.3) is 22.2 Å². The molecule has 3 aromatic carbocycles. The van der Waals surface area contributed by atoms with Gasteiger partial charge in [0.25, 0.3) is 0 Å². The molecule has 0 aliphatic heterocycles. The van der Waals surface area contributed by atoms with E-state index in [-0.39, 0.29) is 27.9 Å². The molecule has 11 heteroatoms. The Morgan fingerprint density at radius 3 is 2.85 bits per heavy atom. The Labute approximate surface area is 247 Å². The Hall–Kier alpha value is -3.99. The zero-order valence-electron chi connectivity index (χ0n) is 28.8. The second-order valence-corrected chi connectivity index (χ2v) is 11.0. The third-order valence-corrected chi connectivity index (χ3v) is 6.31. The van der Waals surface area contributed by atoms with E-state index in [1.165, 1.54) is 30.6 Å². The number of nitrogens with one attached hydrogen (secondary N) is 2. The number of sulfone groups is 1. The molecule has 206 valence electrons. The highest BCUT2D eigenvalue weighted by Crippen LogP contribution is 2.32. The van der Waals surface area contributed by atoms with Gasteiger partial charge in [-0.3, -0.25) is 0 Å². The SMILES string of the molecule is [2H]c1c([2H])c(F)c([2H])c(COc2ccc(Nc3ncnc4ccc(-c5ccc(C([2H])([2H])NC([2H])([2H])CS(C)(=O)=O)o5)cc34)cc2Cl)c1[2H]. The van der Waals surface area contributed by atoms with E-state index >= 15 is 0 Å². The second kappa shape index (κ2) is 12.0.